The Labute approximate surface area is 96.7 Å². The number of piperidine rings is 1. The van der Waals surface area contributed by atoms with E-state index in [4.69, 9.17) is 5.26 Å². The zero-order valence-corrected chi connectivity index (χ0v) is 9.65. The molecule has 2 aliphatic rings. The number of nitrogens with zero attached hydrogens (tertiary/aromatic N) is 4. The average Bonchev–Trinajstić information content (AvgIpc) is 2.38. The fraction of sp³-hybridized carbons (Fsp3) is 0.818. The summed E-state index contributed by atoms with van der Waals surface area (Å²) in [5.41, 5.74) is 0. The second kappa shape index (κ2) is 5.71. The molecule has 0 bridgehead atoms. The van der Waals surface area contributed by atoms with Crippen LogP contribution in [0.3, 0.4) is 0 Å². The Morgan fingerprint density at radius 2 is 1.62 bits per heavy atom. The van der Waals surface area contributed by atoms with Gasteiger partial charge < -0.3 is 15.1 Å². The molecule has 2 heterocycles. The van der Waals surface area contributed by atoms with Crippen LogP contribution in [0.1, 0.15) is 19.3 Å². The summed E-state index contributed by atoms with van der Waals surface area (Å²) in [6.07, 6.45) is 5.69. The number of aliphatic imine (C=N–C) groups is 1. The Balaban J connectivity index is 2.03. The summed E-state index contributed by atoms with van der Waals surface area (Å²) < 4.78 is 0. The van der Waals surface area contributed by atoms with Crippen LogP contribution in [0.4, 0.5) is 0 Å². The highest BCUT2D eigenvalue weighted by Crippen LogP contribution is 2.11. The van der Waals surface area contributed by atoms with Gasteiger partial charge in [0, 0.05) is 39.3 Å². The average molecular weight is 221 g/mol. The number of nitriles is 1. The second-order valence-corrected chi connectivity index (χ2v) is 4.30. The summed E-state index contributed by atoms with van der Waals surface area (Å²) in [5, 5.41) is 12.1. The first-order chi connectivity index (χ1) is 7.92. The highest BCUT2D eigenvalue weighted by molar-refractivity contribution is 5.81. The van der Waals surface area contributed by atoms with E-state index in [-0.39, 0.29) is 0 Å². The van der Waals surface area contributed by atoms with Gasteiger partial charge in [0.1, 0.15) is 0 Å². The van der Waals surface area contributed by atoms with E-state index in [0.29, 0.717) is 0 Å². The first-order valence-corrected chi connectivity index (χ1v) is 6.09. The molecular formula is C11H19N5. The highest BCUT2D eigenvalue weighted by Gasteiger charge is 2.21. The van der Waals surface area contributed by atoms with Crippen LogP contribution in [0, 0.1) is 11.5 Å². The van der Waals surface area contributed by atoms with Crippen LogP contribution in [0.2, 0.25) is 0 Å². The summed E-state index contributed by atoms with van der Waals surface area (Å²) in [6, 6.07) is 0. The zero-order chi connectivity index (χ0) is 11.2. The molecule has 0 aromatic rings. The number of rotatable bonds is 0. The normalized spacial score (nSPS) is 23.1. The summed E-state index contributed by atoms with van der Waals surface area (Å²) >= 11 is 0. The minimum absolute atomic E-state index is 0.892. The van der Waals surface area contributed by atoms with Crippen LogP contribution in [-0.4, -0.2) is 55.0 Å². The number of piperazine rings is 1. The molecule has 5 heteroatoms. The molecule has 0 aromatic heterocycles. The first-order valence-electron chi connectivity index (χ1n) is 6.09. The molecule has 16 heavy (non-hydrogen) atoms. The van der Waals surface area contributed by atoms with Crippen molar-refractivity contribution < 1.29 is 0 Å². The smallest absolute Gasteiger partial charge is 0.212 e. The lowest BCUT2D eigenvalue weighted by Crippen LogP contribution is -2.53. The molecule has 0 spiro atoms. The number of nitrogens with one attached hydrogen (secondary N) is 1. The molecule has 0 saturated carbocycles. The van der Waals surface area contributed by atoms with Gasteiger partial charge in [0.2, 0.25) is 12.2 Å². The minimum atomic E-state index is 0.892. The predicted molar refractivity (Wildman–Crippen MR) is 62.9 cm³/mol. The van der Waals surface area contributed by atoms with E-state index in [9.17, 15) is 0 Å². The third-order valence-electron chi connectivity index (χ3n) is 3.19. The number of hydrogen-bond acceptors (Lipinski definition) is 3. The lowest BCUT2D eigenvalue weighted by atomic mass is 10.1. The van der Waals surface area contributed by atoms with Crippen molar-refractivity contribution >= 4 is 5.96 Å². The SMILES string of the molecule is N#CN=C(N1CCCCC1)N1CCNCC1. The largest absolute Gasteiger partial charge is 0.342 e. The summed E-state index contributed by atoms with van der Waals surface area (Å²) in [4.78, 5) is 8.51. The van der Waals surface area contributed by atoms with Gasteiger partial charge in [-0.15, -0.1) is 4.99 Å². The maximum atomic E-state index is 8.79. The molecule has 0 unspecified atom stereocenters. The van der Waals surface area contributed by atoms with Crippen molar-refractivity contribution in [2.75, 3.05) is 39.3 Å². The van der Waals surface area contributed by atoms with Crippen LogP contribution in [0.15, 0.2) is 4.99 Å². The summed E-state index contributed by atoms with van der Waals surface area (Å²) in [6.45, 7) is 5.97. The zero-order valence-electron chi connectivity index (χ0n) is 9.65. The van der Waals surface area contributed by atoms with E-state index in [0.717, 1.165) is 45.2 Å². The maximum absolute atomic E-state index is 8.79. The Morgan fingerprint density at radius 3 is 2.25 bits per heavy atom. The first kappa shape index (κ1) is 11.2. The van der Waals surface area contributed by atoms with E-state index in [1.54, 1.807) is 0 Å². The van der Waals surface area contributed by atoms with Crippen LogP contribution < -0.4 is 5.32 Å². The minimum Gasteiger partial charge on any atom is -0.342 e. The summed E-state index contributed by atoms with van der Waals surface area (Å²) in [7, 11) is 0. The molecule has 0 radical (unpaired) electrons. The molecule has 2 saturated heterocycles. The van der Waals surface area contributed by atoms with Gasteiger partial charge in [-0.25, -0.2) is 0 Å². The van der Waals surface area contributed by atoms with Crippen molar-refractivity contribution in [3.63, 3.8) is 0 Å². The summed E-state index contributed by atoms with van der Waals surface area (Å²) in [5.74, 6) is 0.892. The highest BCUT2D eigenvalue weighted by atomic mass is 15.4. The van der Waals surface area contributed by atoms with Crippen LogP contribution in [0.5, 0.6) is 0 Å². The third-order valence-corrected chi connectivity index (χ3v) is 3.19. The lowest BCUT2D eigenvalue weighted by molar-refractivity contribution is 0.264. The van der Waals surface area contributed by atoms with Crippen molar-refractivity contribution in [1.29, 1.82) is 5.26 Å². The molecule has 0 aliphatic carbocycles. The van der Waals surface area contributed by atoms with E-state index < -0.39 is 0 Å². The Kier molecular flexibility index (Phi) is 4.00. The van der Waals surface area contributed by atoms with E-state index in [2.05, 4.69) is 20.1 Å². The molecule has 2 fully saturated rings. The van der Waals surface area contributed by atoms with Crippen LogP contribution >= 0.6 is 0 Å². The van der Waals surface area contributed by atoms with Gasteiger partial charge in [-0.1, -0.05) is 0 Å². The second-order valence-electron chi connectivity index (χ2n) is 4.30. The quantitative estimate of drug-likeness (QED) is 0.361. The van der Waals surface area contributed by atoms with Gasteiger partial charge >= 0.3 is 0 Å². The van der Waals surface area contributed by atoms with Gasteiger partial charge in [-0.05, 0) is 19.3 Å². The number of likely N-dealkylation sites (tertiary alicyclic amines) is 1. The van der Waals surface area contributed by atoms with Crippen LogP contribution in [0.25, 0.3) is 0 Å². The van der Waals surface area contributed by atoms with Gasteiger partial charge in [-0.2, -0.15) is 5.26 Å². The van der Waals surface area contributed by atoms with Crippen molar-refractivity contribution in [2.24, 2.45) is 4.99 Å². The van der Waals surface area contributed by atoms with Crippen molar-refractivity contribution in [3.05, 3.63) is 0 Å². The van der Waals surface area contributed by atoms with Gasteiger partial charge in [-0.3, -0.25) is 0 Å². The monoisotopic (exact) mass is 221 g/mol. The van der Waals surface area contributed by atoms with Gasteiger partial charge in [0.05, 0.1) is 0 Å². The lowest BCUT2D eigenvalue weighted by Gasteiger charge is -2.37. The number of hydrogen-bond donors (Lipinski definition) is 1. The third kappa shape index (κ3) is 2.64. The van der Waals surface area contributed by atoms with E-state index in [1.807, 2.05) is 6.19 Å². The molecule has 1 N–H and O–H groups in total. The fourth-order valence-electron chi connectivity index (χ4n) is 2.34. The molecule has 2 rings (SSSR count). The van der Waals surface area contributed by atoms with Gasteiger partial charge in [0.15, 0.2) is 0 Å². The Bertz CT molecular complexity index is 261. The Morgan fingerprint density at radius 1 is 1.00 bits per heavy atom. The molecule has 0 aromatic carbocycles. The molecule has 0 atom stereocenters. The van der Waals surface area contributed by atoms with Crippen molar-refractivity contribution in [1.82, 2.24) is 15.1 Å². The topological polar surface area (TPSA) is 54.7 Å². The maximum Gasteiger partial charge on any atom is 0.212 e. The predicted octanol–water partition coefficient (Wildman–Crippen LogP) is 0.215. The molecule has 88 valence electrons. The molecule has 2 aliphatic heterocycles. The molecule has 0 amide bonds. The fourth-order valence-corrected chi connectivity index (χ4v) is 2.34. The standard InChI is InChI=1S/C11H19N5/c12-10-14-11(15-6-2-1-3-7-15)16-8-4-13-5-9-16/h13H,1-9H2. The van der Waals surface area contributed by atoms with Gasteiger partial charge in [0.25, 0.3) is 0 Å². The van der Waals surface area contributed by atoms with Crippen LogP contribution in [-0.2, 0) is 0 Å². The Hall–Kier alpha value is -1.28. The molecular weight excluding hydrogens is 202 g/mol. The molecule has 5 nitrogen and oxygen atoms in total. The number of guanidine groups is 1. The van der Waals surface area contributed by atoms with Crippen molar-refractivity contribution in [3.8, 4) is 6.19 Å². The van der Waals surface area contributed by atoms with E-state index >= 15 is 0 Å². The van der Waals surface area contributed by atoms with E-state index in [1.165, 1.54) is 19.3 Å². The van der Waals surface area contributed by atoms with Crippen molar-refractivity contribution in [2.45, 2.75) is 19.3 Å².